The van der Waals surface area contributed by atoms with Gasteiger partial charge in [0.15, 0.2) is 22.3 Å². The molecule has 0 aliphatic rings. The summed E-state index contributed by atoms with van der Waals surface area (Å²) in [4.78, 5) is 16.9. The Morgan fingerprint density at radius 3 is 2.88 bits per heavy atom. The molecule has 2 aromatic heterocycles. The van der Waals surface area contributed by atoms with Crippen LogP contribution in [0.25, 0.3) is 21.2 Å². The van der Waals surface area contributed by atoms with Gasteiger partial charge in [-0.2, -0.15) is 0 Å². The zero-order valence-electron chi connectivity index (χ0n) is 13.0. The molecule has 6 heteroatoms. The molecule has 120 valence electrons. The third kappa shape index (κ3) is 2.35. The Morgan fingerprint density at radius 2 is 2.08 bits per heavy atom. The summed E-state index contributed by atoms with van der Waals surface area (Å²) in [6, 6.07) is 10.5. The van der Waals surface area contributed by atoms with Gasteiger partial charge in [0.2, 0.25) is 0 Å². The molecule has 0 spiro atoms. The SMILES string of the molecule is Cc1ccc2nc(NC(=O)c3oc4c(F)cccc4c3C)sc2c1. The van der Waals surface area contributed by atoms with Gasteiger partial charge in [0.25, 0.3) is 5.91 Å². The smallest absolute Gasteiger partial charge is 0.293 e. The molecule has 0 atom stereocenters. The number of carbonyl (C=O) groups is 1. The van der Waals surface area contributed by atoms with Crippen LogP contribution >= 0.6 is 11.3 Å². The number of rotatable bonds is 2. The number of amides is 1. The third-order valence-corrected chi connectivity index (χ3v) is 4.82. The lowest BCUT2D eigenvalue weighted by atomic mass is 10.1. The van der Waals surface area contributed by atoms with E-state index < -0.39 is 11.7 Å². The monoisotopic (exact) mass is 340 g/mol. The second-order valence-electron chi connectivity index (χ2n) is 5.62. The molecule has 1 amide bonds. The van der Waals surface area contributed by atoms with E-state index in [0.717, 1.165) is 15.8 Å². The molecule has 0 saturated carbocycles. The summed E-state index contributed by atoms with van der Waals surface area (Å²) in [6.07, 6.45) is 0. The lowest BCUT2D eigenvalue weighted by Gasteiger charge is -1.98. The highest BCUT2D eigenvalue weighted by Crippen LogP contribution is 2.30. The lowest BCUT2D eigenvalue weighted by molar-refractivity contribution is 0.0997. The van der Waals surface area contributed by atoms with E-state index >= 15 is 0 Å². The summed E-state index contributed by atoms with van der Waals surface area (Å²) in [7, 11) is 0. The average Bonchev–Trinajstić information content (AvgIpc) is 3.09. The molecule has 0 aliphatic carbocycles. The molecule has 24 heavy (non-hydrogen) atoms. The highest BCUT2D eigenvalue weighted by atomic mass is 32.1. The molecule has 2 aromatic carbocycles. The van der Waals surface area contributed by atoms with Crippen molar-refractivity contribution in [2.75, 3.05) is 5.32 Å². The number of furan rings is 1. The Balaban J connectivity index is 1.70. The number of nitrogens with one attached hydrogen (secondary N) is 1. The van der Waals surface area contributed by atoms with Gasteiger partial charge in [-0.3, -0.25) is 10.1 Å². The second-order valence-corrected chi connectivity index (χ2v) is 6.65. The van der Waals surface area contributed by atoms with Crippen LogP contribution in [-0.2, 0) is 0 Å². The molecule has 0 aliphatic heterocycles. The van der Waals surface area contributed by atoms with Gasteiger partial charge in [-0.1, -0.05) is 29.5 Å². The van der Waals surface area contributed by atoms with Crippen molar-refractivity contribution in [1.29, 1.82) is 0 Å². The Hall–Kier alpha value is -2.73. The van der Waals surface area contributed by atoms with E-state index in [1.165, 1.54) is 17.4 Å². The van der Waals surface area contributed by atoms with E-state index in [4.69, 9.17) is 4.42 Å². The van der Waals surface area contributed by atoms with Gasteiger partial charge in [-0.05, 0) is 37.6 Å². The van der Waals surface area contributed by atoms with Gasteiger partial charge in [-0.25, -0.2) is 9.37 Å². The fraction of sp³-hybridized carbons (Fsp3) is 0.111. The number of carbonyl (C=O) groups excluding carboxylic acids is 1. The average molecular weight is 340 g/mol. The molecular weight excluding hydrogens is 327 g/mol. The molecule has 0 radical (unpaired) electrons. The largest absolute Gasteiger partial charge is 0.448 e. The maximum Gasteiger partial charge on any atom is 0.293 e. The summed E-state index contributed by atoms with van der Waals surface area (Å²) in [5.74, 6) is -0.811. The van der Waals surface area contributed by atoms with Crippen molar-refractivity contribution in [2.24, 2.45) is 0 Å². The van der Waals surface area contributed by atoms with Crippen LogP contribution in [0.15, 0.2) is 40.8 Å². The van der Waals surface area contributed by atoms with Crippen LogP contribution in [-0.4, -0.2) is 10.9 Å². The fourth-order valence-corrected chi connectivity index (χ4v) is 3.62. The zero-order chi connectivity index (χ0) is 16.8. The van der Waals surface area contributed by atoms with Gasteiger partial charge < -0.3 is 4.42 Å². The van der Waals surface area contributed by atoms with Gasteiger partial charge in [0, 0.05) is 10.9 Å². The summed E-state index contributed by atoms with van der Waals surface area (Å²) < 4.78 is 20.3. The molecule has 4 nitrogen and oxygen atoms in total. The van der Waals surface area contributed by atoms with Crippen LogP contribution in [0, 0.1) is 19.7 Å². The molecule has 2 heterocycles. The number of anilines is 1. The molecule has 0 fully saturated rings. The Labute approximate surface area is 140 Å². The van der Waals surface area contributed by atoms with Crippen LogP contribution in [0.4, 0.5) is 9.52 Å². The van der Waals surface area contributed by atoms with Crippen LogP contribution in [0.2, 0.25) is 0 Å². The summed E-state index contributed by atoms with van der Waals surface area (Å²) in [5, 5.41) is 3.82. The number of hydrogen-bond acceptors (Lipinski definition) is 4. The quantitative estimate of drug-likeness (QED) is 0.555. The number of benzene rings is 2. The predicted octanol–water partition coefficient (Wildman–Crippen LogP) is 5.05. The van der Waals surface area contributed by atoms with Crippen molar-refractivity contribution in [3.8, 4) is 0 Å². The molecular formula is C18H13FN2O2S. The maximum absolute atomic E-state index is 13.8. The topological polar surface area (TPSA) is 55.1 Å². The Morgan fingerprint density at radius 1 is 1.25 bits per heavy atom. The number of para-hydroxylation sites is 1. The first kappa shape index (κ1) is 14.8. The van der Waals surface area contributed by atoms with Gasteiger partial charge in [0.1, 0.15) is 0 Å². The highest BCUT2D eigenvalue weighted by Gasteiger charge is 2.20. The van der Waals surface area contributed by atoms with Crippen LogP contribution in [0.3, 0.4) is 0 Å². The van der Waals surface area contributed by atoms with Crippen LogP contribution in [0.5, 0.6) is 0 Å². The second kappa shape index (κ2) is 5.42. The summed E-state index contributed by atoms with van der Waals surface area (Å²) >= 11 is 1.39. The van der Waals surface area contributed by atoms with Gasteiger partial charge >= 0.3 is 0 Å². The maximum atomic E-state index is 13.8. The first-order valence-corrected chi connectivity index (χ1v) is 8.21. The molecule has 0 saturated heterocycles. The molecule has 4 aromatic rings. The van der Waals surface area contributed by atoms with Crippen molar-refractivity contribution >= 4 is 43.6 Å². The molecule has 4 rings (SSSR count). The Bertz CT molecular complexity index is 1100. The van der Waals surface area contributed by atoms with Crippen molar-refractivity contribution in [3.63, 3.8) is 0 Å². The number of aryl methyl sites for hydroxylation is 2. The number of nitrogens with zero attached hydrogens (tertiary/aromatic N) is 1. The van der Waals surface area contributed by atoms with E-state index in [2.05, 4.69) is 10.3 Å². The zero-order valence-corrected chi connectivity index (χ0v) is 13.8. The van der Waals surface area contributed by atoms with E-state index in [1.54, 1.807) is 19.1 Å². The lowest BCUT2D eigenvalue weighted by Crippen LogP contribution is -2.11. The van der Waals surface area contributed by atoms with Crippen LogP contribution < -0.4 is 5.32 Å². The number of fused-ring (bicyclic) bond motifs is 2. The third-order valence-electron chi connectivity index (χ3n) is 3.89. The van der Waals surface area contributed by atoms with Crippen molar-refractivity contribution in [1.82, 2.24) is 4.98 Å². The number of hydrogen-bond donors (Lipinski definition) is 1. The minimum absolute atomic E-state index is 0.0973. The Kier molecular flexibility index (Phi) is 3.35. The summed E-state index contributed by atoms with van der Waals surface area (Å²) in [5.41, 5.74) is 2.67. The van der Waals surface area contributed by atoms with Crippen LogP contribution in [0.1, 0.15) is 21.7 Å². The van der Waals surface area contributed by atoms with Gasteiger partial charge in [-0.15, -0.1) is 0 Å². The number of halogens is 1. The first-order valence-electron chi connectivity index (χ1n) is 7.39. The standard InChI is InChI=1S/C18H13FN2O2S/c1-9-6-7-13-14(8-9)24-18(20-13)21-17(22)15-10(2)11-4-3-5-12(19)16(11)23-15/h3-8H,1-2H3,(H,20,21,22). The molecule has 0 bridgehead atoms. The van der Waals surface area contributed by atoms with E-state index in [9.17, 15) is 9.18 Å². The fourth-order valence-electron chi connectivity index (χ4n) is 2.66. The minimum Gasteiger partial charge on any atom is -0.448 e. The first-order chi connectivity index (χ1) is 11.5. The number of aromatic nitrogens is 1. The number of thiazole rings is 1. The van der Waals surface area contributed by atoms with Crippen molar-refractivity contribution in [3.05, 3.63) is 59.1 Å². The van der Waals surface area contributed by atoms with Crippen molar-refractivity contribution < 1.29 is 13.6 Å². The normalized spacial score (nSPS) is 11.3. The van der Waals surface area contributed by atoms with E-state index in [-0.39, 0.29) is 11.3 Å². The summed E-state index contributed by atoms with van der Waals surface area (Å²) in [6.45, 7) is 3.74. The molecule has 0 unspecified atom stereocenters. The van der Waals surface area contributed by atoms with E-state index in [0.29, 0.717) is 16.1 Å². The minimum atomic E-state index is -0.481. The van der Waals surface area contributed by atoms with E-state index in [1.807, 2.05) is 25.1 Å². The highest BCUT2D eigenvalue weighted by molar-refractivity contribution is 7.22. The predicted molar refractivity (Wildman–Crippen MR) is 93.2 cm³/mol. The molecule has 1 N–H and O–H groups in total. The van der Waals surface area contributed by atoms with Crippen molar-refractivity contribution in [2.45, 2.75) is 13.8 Å². The van der Waals surface area contributed by atoms with Gasteiger partial charge in [0.05, 0.1) is 10.2 Å².